The van der Waals surface area contributed by atoms with Crippen molar-refractivity contribution in [2.24, 2.45) is 5.73 Å². The van der Waals surface area contributed by atoms with Crippen LogP contribution in [0.1, 0.15) is 30.0 Å². The van der Waals surface area contributed by atoms with E-state index in [2.05, 4.69) is 22.9 Å². The lowest BCUT2D eigenvalue weighted by molar-refractivity contribution is 0.434. The second-order valence-corrected chi connectivity index (χ2v) is 5.53. The van der Waals surface area contributed by atoms with E-state index in [0.717, 1.165) is 33.0 Å². The molecule has 2 N–H and O–H groups in total. The molecule has 1 unspecified atom stereocenters. The zero-order valence-corrected chi connectivity index (χ0v) is 12.5. The molecule has 0 fully saturated rings. The van der Waals surface area contributed by atoms with Gasteiger partial charge in [-0.1, -0.05) is 40.5 Å². The van der Waals surface area contributed by atoms with Crippen LogP contribution in [0.2, 0.25) is 5.02 Å². The Morgan fingerprint density at radius 1 is 1.33 bits per heavy atom. The van der Waals surface area contributed by atoms with Gasteiger partial charge in [0.2, 0.25) is 0 Å². The van der Waals surface area contributed by atoms with Crippen LogP contribution in [0, 0.1) is 0 Å². The van der Waals surface area contributed by atoms with Crippen molar-refractivity contribution in [1.82, 2.24) is 0 Å². The van der Waals surface area contributed by atoms with Crippen molar-refractivity contribution in [3.8, 4) is 0 Å². The van der Waals surface area contributed by atoms with E-state index >= 15 is 0 Å². The highest BCUT2D eigenvalue weighted by Crippen LogP contribution is 2.26. The Hall–Kier alpha value is -0.770. The lowest BCUT2D eigenvalue weighted by Crippen LogP contribution is -2.12. The first-order valence-electron chi connectivity index (χ1n) is 5.88. The van der Waals surface area contributed by atoms with Crippen molar-refractivity contribution in [3.63, 3.8) is 0 Å². The van der Waals surface area contributed by atoms with E-state index in [1.165, 1.54) is 0 Å². The lowest BCUT2D eigenvalue weighted by atomic mass is 10.0. The van der Waals surface area contributed by atoms with Crippen LogP contribution in [0.4, 0.5) is 0 Å². The summed E-state index contributed by atoms with van der Waals surface area (Å²) >= 11 is 9.56. The minimum Gasteiger partial charge on any atom is -0.464 e. The van der Waals surface area contributed by atoms with Gasteiger partial charge in [0, 0.05) is 15.9 Å². The zero-order chi connectivity index (χ0) is 13.1. The molecule has 0 saturated heterocycles. The van der Waals surface area contributed by atoms with Crippen LogP contribution in [0.15, 0.2) is 39.2 Å². The predicted molar refractivity (Wildman–Crippen MR) is 77.9 cm³/mol. The van der Waals surface area contributed by atoms with Gasteiger partial charge in [-0.3, -0.25) is 0 Å². The lowest BCUT2D eigenvalue weighted by Gasteiger charge is -2.10. The average Bonchev–Trinajstić information content (AvgIpc) is 2.81. The molecule has 4 heteroatoms. The standard InChI is InChI=1S/C14H15BrClNO/c1-2-11-5-6-14(18-11)13(17)7-9-3-4-10(15)8-12(9)16/h3-6,8,13H,2,7,17H2,1H3. The quantitative estimate of drug-likeness (QED) is 0.897. The average molecular weight is 329 g/mol. The summed E-state index contributed by atoms with van der Waals surface area (Å²) in [6.45, 7) is 2.06. The molecule has 0 bridgehead atoms. The molecule has 1 aromatic heterocycles. The number of benzene rings is 1. The fraction of sp³-hybridized carbons (Fsp3) is 0.286. The van der Waals surface area contributed by atoms with Gasteiger partial charge in [-0.05, 0) is 36.2 Å². The van der Waals surface area contributed by atoms with Crippen LogP contribution >= 0.6 is 27.5 Å². The molecule has 0 aliphatic heterocycles. The number of hydrogen-bond acceptors (Lipinski definition) is 2. The number of aryl methyl sites for hydroxylation is 1. The molecule has 96 valence electrons. The predicted octanol–water partition coefficient (Wildman–Crippen LogP) is 4.50. The first-order valence-corrected chi connectivity index (χ1v) is 7.05. The normalized spacial score (nSPS) is 12.7. The third-order valence-corrected chi connectivity index (χ3v) is 3.70. The van der Waals surface area contributed by atoms with Gasteiger partial charge in [0.05, 0.1) is 6.04 Å². The summed E-state index contributed by atoms with van der Waals surface area (Å²) < 4.78 is 6.62. The minimum atomic E-state index is -0.163. The summed E-state index contributed by atoms with van der Waals surface area (Å²) in [7, 11) is 0. The summed E-state index contributed by atoms with van der Waals surface area (Å²) in [5.41, 5.74) is 7.17. The molecule has 0 radical (unpaired) electrons. The molecule has 0 saturated carbocycles. The smallest absolute Gasteiger partial charge is 0.121 e. The number of hydrogen-bond donors (Lipinski definition) is 1. The molecule has 2 nitrogen and oxygen atoms in total. The molecule has 2 aromatic rings. The van der Waals surface area contributed by atoms with Gasteiger partial charge in [0.25, 0.3) is 0 Å². The van der Waals surface area contributed by atoms with E-state index < -0.39 is 0 Å². The number of halogens is 2. The monoisotopic (exact) mass is 327 g/mol. The van der Waals surface area contributed by atoms with Crippen molar-refractivity contribution in [3.05, 3.63) is 56.9 Å². The Labute approximate surface area is 120 Å². The van der Waals surface area contributed by atoms with Crippen molar-refractivity contribution in [2.75, 3.05) is 0 Å². The molecule has 0 amide bonds. The molecule has 1 aromatic carbocycles. The SMILES string of the molecule is CCc1ccc(C(N)Cc2ccc(Br)cc2Cl)o1. The Bertz CT molecular complexity index is 538. The van der Waals surface area contributed by atoms with Crippen LogP contribution in [0.5, 0.6) is 0 Å². The molecule has 0 aliphatic rings. The topological polar surface area (TPSA) is 39.2 Å². The molecular formula is C14H15BrClNO. The van der Waals surface area contributed by atoms with E-state index in [4.69, 9.17) is 21.8 Å². The third-order valence-electron chi connectivity index (χ3n) is 2.85. The first kappa shape index (κ1) is 13.7. The molecule has 2 rings (SSSR count). The highest BCUT2D eigenvalue weighted by atomic mass is 79.9. The Kier molecular flexibility index (Phi) is 4.49. The number of furan rings is 1. The van der Waals surface area contributed by atoms with Gasteiger partial charge in [0.1, 0.15) is 11.5 Å². The summed E-state index contributed by atoms with van der Waals surface area (Å²) in [4.78, 5) is 0. The molecule has 0 aliphatic carbocycles. The fourth-order valence-electron chi connectivity index (χ4n) is 1.81. The van der Waals surface area contributed by atoms with Gasteiger partial charge in [-0.15, -0.1) is 0 Å². The maximum absolute atomic E-state index is 6.18. The van der Waals surface area contributed by atoms with Crippen molar-refractivity contribution < 1.29 is 4.42 Å². The van der Waals surface area contributed by atoms with E-state index in [1.807, 2.05) is 30.3 Å². The second-order valence-electron chi connectivity index (χ2n) is 4.20. The largest absolute Gasteiger partial charge is 0.464 e. The minimum absolute atomic E-state index is 0.163. The second kappa shape index (κ2) is 5.91. The van der Waals surface area contributed by atoms with Crippen LogP contribution in [0.25, 0.3) is 0 Å². The van der Waals surface area contributed by atoms with Crippen LogP contribution in [-0.2, 0) is 12.8 Å². The zero-order valence-electron chi connectivity index (χ0n) is 10.1. The maximum Gasteiger partial charge on any atom is 0.121 e. The summed E-state index contributed by atoms with van der Waals surface area (Å²) in [5.74, 6) is 1.77. The third kappa shape index (κ3) is 3.16. The molecule has 1 atom stereocenters. The molecule has 18 heavy (non-hydrogen) atoms. The van der Waals surface area contributed by atoms with Gasteiger partial charge in [0.15, 0.2) is 0 Å². The molecular weight excluding hydrogens is 314 g/mol. The van der Waals surface area contributed by atoms with E-state index in [9.17, 15) is 0 Å². The van der Waals surface area contributed by atoms with Crippen LogP contribution in [0.3, 0.4) is 0 Å². The van der Waals surface area contributed by atoms with Crippen LogP contribution < -0.4 is 5.73 Å². The van der Waals surface area contributed by atoms with Crippen molar-refractivity contribution >= 4 is 27.5 Å². The number of rotatable bonds is 4. The molecule has 0 spiro atoms. The maximum atomic E-state index is 6.18. The highest BCUT2D eigenvalue weighted by molar-refractivity contribution is 9.10. The Morgan fingerprint density at radius 3 is 2.72 bits per heavy atom. The van der Waals surface area contributed by atoms with Gasteiger partial charge >= 0.3 is 0 Å². The van der Waals surface area contributed by atoms with E-state index in [0.29, 0.717) is 6.42 Å². The first-order chi connectivity index (χ1) is 8.60. The summed E-state index contributed by atoms with van der Waals surface area (Å²) in [6, 6.07) is 9.57. The molecule has 1 heterocycles. The van der Waals surface area contributed by atoms with E-state index in [1.54, 1.807) is 0 Å². The highest BCUT2D eigenvalue weighted by Gasteiger charge is 2.13. The van der Waals surface area contributed by atoms with Gasteiger partial charge in [-0.25, -0.2) is 0 Å². The Morgan fingerprint density at radius 2 is 2.11 bits per heavy atom. The number of nitrogens with two attached hydrogens (primary N) is 1. The van der Waals surface area contributed by atoms with E-state index in [-0.39, 0.29) is 6.04 Å². The van der Waals surface area contributed by atoms with Crippen LogP contribution in [-0.4, -0.2) is 0 Å². The fourth-order valence-corrected chi connectivity index (χ4v) is 2.56. The summed E-state index contributed by atoms with van der Waals surface area (Å²) in [5, 5.41) is 0.724. The summed E-state index contributed by atoms with van der Waals surface area (Å²) in [6.07, 6.45) is 1.55. The van der Waals surface area contributed by atoms with Gasteiger partial charge in [-0.2, -0.15) is 0 Å². The van der Waals surface area contributed by atoms with Crippen molar-refractivity contribution in [1.29, 1.82) is 0 Å². The Balaban J connectivity index is 2.13. The van der Waals surface area contributed by atoms with Crippen molar-refractivity contribution in [2.45, 2.75) is 25.8 Å². The van der Waals surface area contributed by atoms with Gasteiger partial charge < -0.3 is 10.2 Å².